The lowest BCUT2D eigenvalue weighted by molar-refractivity contribution is -0.384. The number of hydrogen-bond acceptors (Lipinski definition) is 5. The largest absolute Gasteiger partial charge is 0.364 e. The van der Waals surface area contributed by atoms with Crippen molar-refractivity contribution >= 4 is 21.4 Å². The van der Waals surface area contributed by atoms with E-state index in [1.165, 1.54) is 18.2 Å². The van der Waals surface area contributed by atoms with Crippen LogP contribution in [0.1, 0.15) is 18.1 Å². The summed E-state index contributed by atoms with van der Waals surface area (Å²) in [5.41, 5.74) is 2.92. The van der Waals surface area contributed by atoms with Crippen molar-refractivity contribution in [2.45, 2.75) is 30.8 Å². The number of nitrogens with two attached hydrogens (primary N) is 1. The third kappa shape index (κ3) is 3.10. The van der Waals surface area contributed by atoms with Crippen molar-refractivity contribution in [3.8, 4) is 0 Å². The van der Waals surface area contributed by atoms with Crippen LogP contribution in [0, 0.1) is 10.1 Å². The fourth-order valence-corrected chi connectivity index (χ4v) is 3.57. The highest BCUT2D eigenvalue weighted by molar-refractivity contribution is 7.89. The average molecular weight is 347 g/mol. The summed E-state index contributed by atoms with van der Waals surface area (Å²) in [7, 11) is -3.71. The maximum absolute atomic E-state index is 11.5. The molecular weight excluding hydrogens is 330 g/mol. The van der Waals surface area contributed by atoms with Gasteiger partial charge in [0.2, 0.25) is 10.0 Å². The first-order valence-electron chi connectivity index (χ1n) is 7.41. The van der Waals surface area contributed by atoms with Crippen molar-refractivity contribution in [3.63, 3.8) is 0 Å². The lowest BCUT2D eigenvalue weighted by Crippen LogP contribution is -2.28. The van der Waals surface area contributed by atoms with Crippen LogP contribution in [0.15, 0.2) is 47.4 Å². The van der Waals surface area contributed by atoms with E-state index in [4.69, 9.17) is 5.14 Å². The molecule has 2 aromatic carbocycles. The first-order valence-corrected chi connectivity index (χ1v) is 8.96. The zero-order valence-electron chi connectivity index (χ0n) is 13.0. The number of non-ortho nitro benzene ring substituents is 1. The van der Waals surface area contributed by atoms with E-state index in [9.17, 15) is 18.5 Å². The number of fused-ring (bicyclic) bond motifs is 1. The molecule has 0 bridgehead atoms. The molecule has 1 heterocycles. The average Bonchev–Trinajstić information content (AvgIpc) is 2.82. The Kier molecular flexibility index (Phi) is 4.02. The minimum Gasteiger partial charge on any atom is -0.364 e. The minimum atomic E-state index is -3.71. The molecule has 0 aromatic heterocycles. The number of primary sulfonamides is 1. The maximum atomic E-state index is 11.5. The number of nitro groups is 1. The molecule has 1 aliphatic heterocycles. The predicted molar refractivity (Wildman–Crippen MR) is 90.3 cm³/mol. The second-order valence-corrected chi connectivity index (χ2v) is 7.50. The number of nitro benzene ring substituents is 1. The number of nitrogens with zero attached hydrogens (tertiary/aromatic N) is 2. The van der Waals surface area contributed by atoms with Crippen LogP contribution in [-0.4, -0.2) is 19.4 Å². The van der Waals surface area contributed by atoms with E-state index in [2.05, 4.69) is 11.8 Å². The standard InChI is InChI=1S/C16H17N3O4S/c1-11-8-13-9-15(24(17,22)23)6-7-16(13)18(11)10-12-2-4-14(5-3-12)19(20)21/h2-7,9,11H,8,10H2,1H3,(H2,17,22,23). The second-order valence-electron chi connectivity index (χ2n) is 5.94. The van der Waals surface area contributed by atoms with E-state index in [1.807, 2.05) is 0 Å². The van der Waals surface area contributed by atoms with Gasteiger partial charge in [-0.2, -0.15) is 0 Å². The molecule has 24 heavy (non-hydrogen) atoms. The topological polar surface area (TPSA) is 107 Å². The Labute approximate surface area is 139 Å². The Hall–Kier alpha value is -2.45. The number of hydrogen-bond donors (Lipinski definition) is 1. The molecule has 0 aliphatic carbocycles. The molecule has 1 aliphatic rings. The van der Waals surface area contributed by atoms with Crippen molar-refractivity contribution in [2.24, 2.45) is 5.14 Å². The SMILES string of the molecule is CC1Cc2cc(S(N)(=O)=O)ccc2N1Cc1ccc([N+](=O)[O-])cc1. The number of anilines is 1. The molecule has 0 radical (unpaired) electrons. The molecule has 0 saturated carbocycles. The smallest absolute Gasteiger partial charge is 0.269 e. The highest BCUT2D eigenvalue weighted by Gasteiger charge is 2.27. The maximum Gasteiger partial charge on any atom is 0.269 e. The third-order valence-corrected chi connectivity index (χ3v) is 5.15. The molecule has 0 spiro atoms. The molecule has 0 saturated heterocycles. The van der Waals surface area contributed by atoms with E-state index in [0.717, 1.165) is 23.2 Å². The Morgan fingerprint density at radius 2 is 1.92 bits per heavy atom. The zero-order chi connectivity index (χ0) is 17.5. The van der Waals surface area contributed by atoms with Gasteiger partial charge in [0.05, 0.1) is 9.82 Å². The summed E-state index contributed by atoms with van der Waals surface area (Å²) in [6, 6.07) is 11.5. The number of sulfonamides is 1. The van der Waals surface area contributed by atoms with E-state index < -0.39 is 14.9 Å². The van der Waals surface area contributed by atoms with Crippen LogP contribution < -0.4 is 10.0 Å². The summed E-state index contributed by atoms with van der Waals surface area (Å²) < 4.78 is 23.0. The Morgan fingerprint density at radius 1 is 1.25 bits per heavy atom. The summed E-state index contributed by atoms with van der Waals surface area (Å²) in [5.74, 6) is 0. The second kappa shape index (κ2) is 5.88. The molecule has 1 atom stereocenters. The van der Waals surface area contributed by atoms with Gasteiger partial charge in [-0.1, -0.05) is 12.1 Å². The van der Waals surface area contributed by atoms with Crippen LogP contribution in [0.3, 0.4) is 0 Å². The fourth-order valence-electron chi connectivity index (χ4n) is 3.01. The molecule has 126 valence electrons. The molecule has 8 heteroatoms. The minimum absolute atomic E-state index is 0.0615. The van der Waals surface area contributed by atoms with Crippen LogP contribution in [0.25, 0.3) is 0 Å². The first-order chi connectivity index (χ1) is 11.3. The highest BCUT2D eigenvalue weighted by Crippen LogP contribution is 2.34. The van der Waals surface area contributed by atoms with Crippen molar-refractivity contribution in [3.05, 3.63) is 63.7 Å². The van der Waals surface area contributed by atoms with E-state index in [0.29, 0.717) is 6.54 Å². The first kappa shape index (κ1) is 16.4. The monoisotopic (exact) mass is 347 g/mol. The Balaban J connectivity index is 1.87. The summed E-state index contributed by atoms with van der Waals surface area (Å²) in [4.78, 5) is 12.6. The van der Waals surface area contributed by atoms with E-state index >= 15 is 0 Å². The van der Waals surface area contributed by atoms with Gasteiger partial charge in [0, 0.05) is 30.4 Å². The predicted octanol–water partition coefficient (Wildman–Crippen LogP) is 2.19. The van der Waals surface area contributed by atoms with Gasteiger partial charge in [-0.05, 0) is 42.7 Å². The van der Waals surface area contributed by atoms with Gasteiger partial charge in [0.15, 0.2) is 0 Å². The van der Waals surface area contributed by atoms with Crippen molar-refractivity contribution in [1.29, 1.82) is 0 Å². The number of benzene rings is 2. The number of rotatable bonds is 4. The Morgan fingerprint density at radius 3 is 2.50 bits per heavy atom. The van der Waals surface area contributed by atoms with Crippen LogP contribution >= 0.6 is 0 Å². The van der Waals surface area contributed by atoms with Crippen LogP contribution in [0.5, 0.6) is 0 Å². The fraction of sp³-hybridized carbons (Fsp3) is 0.250. The molecule has 0 fully saturated rings. The van der Waals surface area contributed by atoms with Gasteiger partial charge in [-0.25, -0.2) is 13.6 Å². The molecular formula is C16H17N3O4S. The van der Waals surface area contributed by atoms with Gasteiger partial charge < -0.3 is 4.90 Å². The van der Waals surface area contributed by atoms with Gasteiger partial charge in [-0.15, -0.1) is 0 Å². The van der Waals surface area contributed by atoms with Crippen LogP contribution in [0.4, 0.5) is 11.4 Å². The molecule has 2 aromatic rings. The molecule has 7 nitrogen and oxygen atoms in total. The lowest BCUT2D eigenvalue weighted by atomic mass is 10.1. The third-order valence-electron chi connectivity index (χ3n) is 4.24. The summed E-state index contributed by atoms with van der Waals surface area (Å²) in [5, 5.41) is 15.9. The van der Waals surface area contributed by atoms with Crippen molar-refractivity contribution in [1.82, 2.24) is 0 Å². The van der Waals surface area contributed by atoms with Gasteiger partial charge in [-0.3, -0.25) is 10.1 Å². The van der Waals surface area contributed by atoms with Crippen LogP contribution in [0.2, 0.25) is 0 Å². The van der Waals surface area contributed by atoms with Crippen molar-refractivity contribution < 1.29 is 13.3 Å². The summed E-state index contributed by atoms with van der Waals surface area (Å²) in [6.45, 7) is 2.66. The molecule has 0 amide bonds. The van der Waals surface area contributed by atoms with E-state index in [1.54, 1.807) is 24.3 Å². The quantitative estimate of drug-likeness (QED) is 0.674. The Bertz CT molecular complexity index is 894. The van der Waals surface area contributed by atoms with Gasteiger partial charge in [0.25, 0.3) is 5.69 Å². The molecule has 1 unspecified atom stereocenters. The summed E-state index contributed by atoms with van der Waals surface area (Å²) >= 11 is 0. The van der Waals surface area contributed by atoms with Crippen LogP contribution in [-0.2, 0) is 23.0 Å². The molecule has 2 N–H and O–H groups in total. The summed E-state index contributed by atoms with van der Waals surface area (Å²) in [6.07, 6.45) is 0.728. The van der Waals surface area contributed by atoms with Gasteiger partial charge >= 0.3 is 0 Å². The van der Waals surface area contributed by atoms with Gasteiger partial charge in [0.1, 0.15) is 0 Å². The van der Waals surface area contributed by atoms with Crippen molar-refractivity contribution in [2.75, 3.05) is 4.90 Å². The highest BCUT2D eigenvalue weighted by atomic mass is 32.2. The lowest BCUT2D eigenvalue weighted by Gasteiger charge is -2.25. The molecule has 3 rings (SSSR count). The normalized spacial score (nSPS) is 16.9. The zero-order valence-corrected chi connectivity index (χ0v) is 13.9. The van der Waals surface area contributed by atoms with E-state index in [-0.39, 0.29) is 16.6 Å².